The van der Waals surface area contributed by atoms with Gasteiger partial charge >= 0.3 is 0 Å². The number of anilines is 1. The molecule has 0 bridgehead atoms. The first-order chi connectivity index (χ1) is 18.5. The predicted octanol–water partition coefficient (Wildman–Crippen LogP) is 3.38. The lowest BCUT2D eigenvalue weighted by molar-refractivity contribution is 0.0723. The van der Waals surface area contributed by atoms with Gasteiger partial charge in [-0.05, 0) is 42.5 Å². The summed E-state index contributed by atoms with van der Waals surface area (Å²) < 4.78 is 21.5. The standard InChI is InChI=1S/C28H32FN7O2/c1-3-38-26-12-23(33-14-21(26)13-30)18-35-8-5-24-20(16-34-7-4-22(29)17-34)10-19(11-25(24)27(35)37)15-36-9-6-32-28(36)31-2/h6,9-12,14,22H,3-5,7-8,15-18H2,1-2H3,(H,31,32). The van der Waals surface area contributed by atoms with Crippen LogP contribution in [0.25, 0.3) is 0 Å². The smallest absolute Gasteiger partial charge is 0.254 e. The average Bonchev–Trinajstić information content (AvgIpc) is 3.54. The Balaban J connectivity index is 1.44. The molecule has 10 heteroatoms. The molecule has 2 aromatic heterocycles. The number of rotatable bonds is 9. The van der Waals surface area contributed by atoms with Crippen LogP contribution in [-0.2, 0) is 26.1 Å². The van der Waals surface area contributed by atoms with Crippen molar-refractivity contribution < 1.29 is 13.9 Å². The van der Waals surface area contributed by atoms with Gasteiger partial charge in [0, 0.05) is 63.4 Å². The van der Waals surface area contributed by atoms with Gasteiger partial charge in [0.25, 0.3) is 5.91 Å². The van der Waals surface area contributed by atoms with Gasteiger partial charge in [0.15, 0.2) is 0 Å². The van der Waals surface area contributed by atoms with E-state index in [1.807, 2.05) is 30.8 Å². The van der Waals surface area contributed by atoms with Crippen LogP contribution in [0.3, 0.4) is 0 Å². The summed E-state index contributed by atoms with van der Waals surface area (Å²) in [6.45, 7) is 5.51. The van der Waals surface area contributed by atoms with Crippen molar-refractivity contribution in [2.45, 2.75) is 45.6 Å². The van der Waals surface area contributed by atoms with Crippen molar-refractivity contribution in [3.8, 4) is 11.8 Å². The number of hydrogen-bond acceptors (Lipinski definition) is 7. The molecule has 2 aliphatic heterocycles. The third-order valence-electron chi connectivity index (χ3n) is 7.15. The number of halogens is 1. The number of likely N-dealkylation sites (tertiary alicyclic amines) is 1. The first-order valence-corrected chi connectivity index (χ1v) is 13.0. The van der Waals surface area contributed by atoms with Crippen LogP contribution >= 0.6 is 0 Å². The number of carbonyl (C=O) groups excluding carboxylic acids is 1. The largest absolute Gasteiger partial charge is 0.492 e. The highest BCUT2D eigenvalue weighted by Gasteiger charge is 2.29. The molecule has 0 saturated carbocycles. The van der Waals surface area contributed by atoms with Gasteiger partial charge in [-0.1, -0.05) is 6.07 Å². The molecule has 1 saturated heterocycles. The average molecular weight is 518 g/mol. The Kier molecular flexibility index (Phi) is 7.56. The van der Waals surface area contributed by atoms with Gasteiger partial charge in [-0.15, -0.1) is 0 Å². The first-order valence-electron chi connectivity index (χ1n) is 13.0. The Labute approximate surface area is 221 Å². The summed E-state index contributed by atoms with van der Waals surface area (Å²) in [7, 11) is 1.83. The van der Waals surface area contributed by atoms with Crippen molar-refractivity contribution in [3.05, 3.63) is 70.3 Å². The molecule has 4 heterocycles. The number of nitrogens with one attached hydrogen (secondary N) is 1. The molecule has 1 N–H and O–H groups in total. The minimum absolute atomic E-state index is 0.0530. The van der Waals surface area contributed by atoms with E-state index in [9.17, 15) is 14.4 Å². The molecule has 0 spiro atoms. The number of imidazole rings is 1. The molecule has 1 aromatic carbocycles. The number of pyridine rings is 1. The van der Waals surface area contributed by atoms with E-state index in [1.165, 1.54) is 6.20 Å². The highest BCUT2D eigenvalue weighted by molar-refractivity contribution is 5.97. The molecule has 1 unspecified atom stereocenters. The van der Waals surface area contributed by atoms with Crippen LogP contribution in [0.5, 0.6) is 5.75 Å². The van der Waals surface area contributed by atoms with Gasteiger partial charge in [0.05, 0.1) is 25.4 Å². The molecule has 198 valence electrons. The van der Waals surface area contributed by atoms with Crippen LogP contribution in [0.15, 0.2) is 36.8 Å². The molecular weight excluding hydrogens is 485 g/mol. The van der Waals surface area contributed by atoms with E-state index >= 15 is 0 Å². The molecule has 3 aromatic rings. The van der Waals surface area contributed by atoms with Gasteiger partial charge in [0.2, 0.25) is 5.95 Å². The second-order valence-corrected chi connectivity index (χ2v) is 9.72. The minimum atomic E-state index is -0.795. The molecule has 1 fully saturated rings. The van der Waals surface area contributed by atoms with Gasteiger partial charge in [-0.25, -0.2) is 9.37 Å². The van der Waals surface area contributed by atoms with Crippen molar-refractivity contribution in [2.75, 3.05) is 38.6 Å². The number of fused-ring (bicyclic) bond motifs is 1. The quantitative estimate of drug-likeness (QED) is 0.465. The lowest BCUT2D eigenvalue weighted by Crippen LogP contribution is -2.38. The van der Waals surface area contributed by atoms with Crippen LogP contribution in [0.1, 0.15) is 51.7 Å². The maximum absolute atomic E-state index is 13.9. The fraction of sp³-hybridized carbons (Fsp3) is 0.429. The highest BCUT2D eigenvalue weighted by Crippen LogP contribution is 2.29. The molecule has 1 amide bonds. The Hall–Kier alpha value is -3.97. The van der Waals surface area contributed by atoms with Crippen molar-refractivity contribution in [2.24, 2.45) is 0 Å². The van der Waals surface area contributed by atoms with Crippen LogP contribution in [0.2, 0.25) is 0 Å². The Morgan fingerprint density at radius 3 is 2.82 bits per heavy atom. The summed E-state index contributed by atoms with van der Waals surface area (Å²) in [6, 6.07) is 7.97. The monoisotopic (exact) mass is 517 g/mol. The number of alkyl halides is 1. The molecule has 0 aliphatic carbocycles. The van der Waals surface area contributed by atoms with E-state index < -0.39 is 6.17 Å². The van der Waals surface area contributed by atoms with E-state index in [4.69, 9.17) is 4.74 Å². The number of nitrogens with zero attached hydrogens (tertiary/aromatic N) is 6. The SMILES string of the molecule is CCOc1cc(CN2CCc3c(CN4CCC(F)C4)cc(Cn4ccnc4NC)cc3C2=O)ncc1C#N. The third-order valence-corrected chi connectivity index (χ3v) is 7.15. The second-order valence-electron chi connectivity index (χ2n) is 9.72. The Bertz CT molecular complexity index is 1370. The van der Waals surface area contributed by atoms with Crippen LogP contribution < -0.4 is 10.1 Å². The molecule has 1 atom stereocenters. The maximum atomic E-state index is 13.9. The molecule has 5 rings (SSSR count). The normalized spacial score (nSPS) is 17.4. The molecule has 38 heavy (non-hydrogen) atoms. The van der Waals surface area contributed by atoms with Crippen molar-refractivity contribution in [1.82, 2.24) is 24.3 Å². The predicted molar refractivity (Wildman–Crippen MR) is 141 cm³/mol. The van der Waals surface area contributed by atoms with E-state index in [0.29, 0.717) is 74.7 Å². The summed E-state index contributed by atoms with van der Waals surface area (Å²) >= 11 is 0. The molecule has 9 nitrogen and oxygen atoms in total. The second kappa shape index (κ2) is 11.2. The van der Waals surface area contributed by atoms with E-state index in [-0.39, 0.29) is 5.91 Å². The third kappa shape index (κ3) is 5.34. The number of nitriles is 1. The summed E-state index contributed by atoms with van der Waals surface area (Å²) in [4.78, 5) is 26.4. The van der Waals surface area contributed by atoms with Crippen molar-refractivity contribution in [3.63, 3.8) is 0 Å². The zero-order valence-electron chi connectivity index (χ0n) is 21.8. The lowest BCUT2D eigenvalue weighted by Gasteiger charge is -2.31. The zero-order valence-corrected chi connectivity index (χ0v) is 21.8. The van der Waals surface area contributed by atoms with Crippen molar-refractivity contribution in [1.29, 1.82) is 5.26 Å². The van der Waals surface area contributed by atoms with Gasteiger partial charge in [-0.3, -0.25) is 14.7 Å². The van der Waals surface area contributed by atoms with Gasteiger partial charge in [0.1, 0.15) is 23.6 Å². The Morgan fingerprint density at radius 1 is 1.21 bits per heavy atom. The number of carbonyl (C=O) groups is 1. The summed E-state index contributed by atoms with van der Waals surface area (Å²) in [5.74, 6) is 1.17. The van der Waals surface area contributed by atoms with Crippen LogP contribution in [0.4, 0.5) is 10.3 Å². The minimum Gasteiger partial charge on any atom is -0.492 e. The first kappa shape index (κ1) is 25.7. The fourth-order valence-electron chi connectivity index (χ4n) is 5.34. The lowest BCUT2D eigenvalue weighted by atomic mass is 9.91. The zero-order chi connectivity index (χ0) is 26.6. The summed E-state index contributed by atoms with van der Waals surface area (Å²) in [5, 5.41) is 12.4. The number of amides is 1. The number of aromatic nitrogens is 3. The molecule has 0 radical (unpaired) electrons. The van der Waals surface area contributed by atoms with Gasteiger partial charge in [-0.2, -0.15) is 5.26 Å². The molecule has 2 aliphatic rings. The topological polar surface area (TPSA) is 99.3 Å². The number of hydrogen-bond donors (Lipinski definition) is 1. The summed E-state index contributed by atoms with van der Waals surface area (Å²) in [5.41, 5.74) is 4.85. The molecular formula is C28H32FN7O2. The van der Waals surface area contributed by atoms with E-state index in [2.05, 4.69) is 32.3 Å². The van der Waals surface area contributed by atoms with Crippen molar-refractivity contribution >= 4 is 11.9 Å². The van der Waals surface area contributed by atoms with Crippen LogP contribution in [-0.4, -0.2) is 69.7 Å². The van der Waals surface area contributed by atoms with Crippen LogP contribution in [0, 0.1) is 11.3 Å². The maximum Gasteiger partial charge on any atom is 0.254 e. The number of benzene rings is 1. The van der Waals surface area contributed by atoms with E-state index in [1.54, 1.807) is 17.2 Å². The number of ether oxygens (including phenoxy) is 1. The summed E-state index contributed by atoms with van der Waals surface area (Å²) in [6.07, 6.45) is 5.61. The van der Waals surface area contributed by atoms with E-state index in [0.717, 1.165) is 29.2 Å². The Morgan fingerprint density at radius 2 is 2.08 bits per heavy atom. The fourth-order valence-corrected chi connectivity index (χ4v) is 5.34. The van der Waals surface area contributed by atoms with Gasteiger partial charge < -0.3 is 19.5 Å². The highest BCUT2D eigenvalue weighted by atomic mass is 19.1.